The molecule has 0 spiro atoms. The lowest BCUT2D eigenvalue weighted by Crippen LogP contribution is -2.54. The Kier molecular flexibility index (Phi) is 21.4. The summed E-state index contributed by atoms with van der Waals surface area (Å²) in [5, 5.41) is 10.3. The molecule has 3 saturated heterocycles. The van der Waals surface area contributed by atoms with Crippen LogP contribution in [0.3, 0.4) is 0 Å². The van der Waals surface area contributed by atoms with Crippen molar-refractivity contribution in [3.63, 3.8) is 0 Å². The Labute approximate surface area is 508 Å². The first-order valence-electron chi connectivity index (χ1n) is 29.6. The van der Waals surface area contributed by atoms with Crippen molar-refractivity contribution in [2.45, 2.75) is 123 Å². The standard InChI is InChI=1S/C23H28N4O4.C23H27N3O3.C20H26N4O3/c1-15(2)20(26-23(30)31-3)22(29)27-13-7-10-18(27)21(28)25-19-12-11-17(14-24-19)16-8-5-4-6-9-16;1-23(2,3)29-22(27)26-11-5-6-20(26)21-24-14-19(25-21)17-8-7-16-13-18(28-4)10-9-15(16)12-17;1-13(2)17(23-20(26)27-3)19(25)24-11-7-10-16(24)18-21-12-15(22-18)14-8-5-4-6-9-14/h4-6,8-9,11-12,14-15,18,20H,7,10,13H2,1-3H3,(H,26,30)(H,24,25,28);7-10,12-14,20H,5-6,11H2,1-4H3,(H,24,25);4-6,8-9,12-13,16-17H,7,10-11H2,1-3H3,(H,21,22)(H,23,26)/t18-,20-;20-;16-,17-/m000/s1. The number of methoxy groups -OCH3 is 3. The summed E-state index contributed by atoms with van der Waals surface area (Å²) in [4.78, 5) is 100. The first-order valence-corrected chi connectivity index (χ1v) is 29.6. The maximum atomic E-state index is 13.1. The lowest BCUT2D eigenvalue weighted by Gasteiger charge is -2.30. The zero-order chi connectivity index (χ0) is 62.4. The number of amides is 6. The number of aromatic nitrogens is 5. The van der Waals surface area contributed by atoms with Gasteiger partial charge in [-0.1, -0.05) is 107 Å². The molecule has 21 heteroatoms. The number of hydrogen-bond acceptors (Lipinski definition) is 13. The zero-order valence-electron chi connectivity index (χ0n) is 51.3. The maximum absolute atomic E-state index is 13.1. The summed E-state index contributed by atoms with van der Waals surface area (Å²) < 4.78 is 20.2. The number of aromatic amines is 2. The van der Waals surface area contributed by atoms with E-state index in [0.717, 1.165) is 87.5 Å². The number of hydrogen-bond donors (Lipinski definition) is 5. The van der Waals surface area contributed by atoms with E-state index in [4.69, 9.17) is 9.47 Å². The molecule has 0 aliphatic carbocycles. The molecule has 4 aromatic carbocycles. The van der Waals surface area contributed by atoms with E-state index < -0.39 is 35.9 Å². The third-order valence-electron chi connectivity index (χ3n) is 15.4. The van der Waals surface area contributed by atoms with Crippen LogP contribution in [0.5, 0.6) is 5.75 Å². The van der Waals surface area contributed by atoms with Crippen molar-refractivity contribution in [3.8, 4) is 39.4 Å². The second-order valence-electron chi connectivity index (χ2n) is 23.4. The number of nitrogens with one attached hydrogen (secondary N) is 5. The fraction of sp³-hybridized carbons (Fsp3) is 0.409. The highest BCUT2D eigenvalue weighted by molar-refractivity contribution is 5.98. The van der Waals surface area contributed by atoms with Crippen LogP contribution in [-0.2, 0) is 28.6 Å². The van der Waals surface area contributed by atoms with Gasteiger partial charge in [-0.2, -0.15) is 0 Å². The number of imidazole rings is 2. The molecule has 7 aromatic rings. The largest absolute Gasteiger partial charge is 0.497 e. The van der Waals surface area contributed by atoms with Gasteiger partial charge in [0.2, 0.25) is 17.7 Å². The van der Waals surface area contributed by atoms with Crippen LogP contribution in [0.15, 0.2) is 128 Å². The molecule has 10 rings (SSSR count). The summed E-state index contributed by atoms with van der Waals surface area (Å²) in [6.07, 6.45) is 8.64. The Morgan fingerprint density at radius 3 is 1.61 bits per heavy atom. The van der Waals surface area contributed by atoms with Crippen molar-refractivity contribution in [3.05, 3.63) is 139 Å². The number of ether oxygens (including phenoxy) is 4. The van der Waals surface area contributed by atoms with E-state index in [2.05, 4.69) is 74.6 Å². The van der Waals surface area contributed by atoms with E-state index in [9.17, 15) is 28.8 Å². The summed E-state index contributed by atoms with van der Waals surface area (Å²) in [5.74, 6) is 1.98. The molecule has 0 unspecified atom stereocenters. The Morgan fingerprint density at radius 2 is 1.06 bits per heavy atom. The van der Waals surface area contributed by atoms with Crippen LogP contribution in [0.25, 0.3) is 44.4 Å². The molecular weight excluding hydrogens is 1110 g/mol. The van der Waals surface area contributed by atoms with Gasteiger partial charge in [0, 0.05) is 37.0 Å². The minimum atomic E-state index is -0.760. The van der Waals surface area contributed by atoms with Crippen LogP contribution in [-0.4, -0.2) is 140 Å². The van der Waals surface area contributed by atoms with Gasteiger partial charge in [-0.15, -0.1) is 0 Å². The molecule has 460 valence electrons. The molecule has 6 amide bonds. The lowest BCUT2D eigenvalue weighted by molar-refractivity contribution is -0.139. The number of benzene rings is 4. The SMILES string of the molecule is COC(=O)N[C@H](C(=O)N1CCC[C@H]1C(=O)Nc1ccc(-c2ccccc2)cn1)C(C)C.COC(=O)N[C@H](C(=O)N1CCC[C@H]1c1ncc(-c2ccccc2)[nH]1)C(C)C.COc1ccc2cc(-c3cnc([C@@H]4CCCN4C(=O)OC(C)(C)C)[nH]3)ccc2c1. The number of alkyl carbamates (subject to hydrolysis) is 2. The lowest BCUT2D eigenvalue weighted by atomic mass is 10.0. The van der Waals surface area contributed by atoms with Crippen LogP contribution in [0.2, 0.25) is 0 Å². The van der Waals surface area contributed by atoms with Gasteiger partial charge in [0.15, 0.2) is 0 Å². The first kappa shape index (κ1) is 63.7. The normalized spacial score (nSPS) is 17.1. The van der Waals surface area contributed by atoms with Gasteiger partial charge in [-0.05, 0) is 123 Å². The van der Waals surface area contributed by atoms with Gasteiger partial charge < -0.3 is 54.7 Å². The fourth-order valence-electron chi connectivity index (χ4n) is 10.9. The number of pyridine rings is 1. The zero-order valence-corrected chi connectivity index (χ0v) is 51.3. The van der Waals surface area contributed by atoms with E-state index in [1.807, 2.05) is 138 Å². The Balaban J connectivity index is 0.000000170. The van der Waals surface area contributed by atoms with E-state index in [-0.39, 0.29) is 47.7 Å². The fourth-order valence-corrected chi connectivity index (χ4v) is 10.9. The quantitative estimate of drug-likeness (QED) is 0.0636. The first-order chi connectivity index (χ1) is 41.7. The molecule has 0 saturated carbocycles. The summed E-state index contributed by atoms with van der Waals surface area (Å²) >= 11 is 0. The molecule has 87 heavy (non-hydrogen) atoms. The predicted octanol–water partition coefficient (Wildman–Crippen LogP) is 11.5. The molecule has 0 radical (unpaired) electrons. The molecular formula is C66H81N11O10. The number of likely N-dealkylation sites (tertiary alicyclic amines) is 3. The van der Waals surface area contributed by atoms with E-state index in [1.165, 1.54) is 19.1 Å². The van der Waals surface area contributed by atoms with Gasteiger partial charge in [0.1, 0.15) is 46.9 Å². The summed E-state index contributed by atoms with van der Waals surface area (Å²) in [6.45, 7) is 14.9. The third kappa shape index (κ3) is 16.4. The van der Waals surface area contributed by atoms with Crippen molar-refractivity contribution in [1.29, 1.82) is 0 Å². The van der Waals surface area contributed by atoms with Crippen LogP contribution >= 0.6 is 0 Å². The van der Waals surface area contributed by atoms with Crippen molar-refractivity contribution in [2.75, 3.05) is 46.3 Å². The second kappa shape index (κ2) is 29.2. The Hall–Kier alpha value is -9.27. The molecule has 3 aliphatic heterocycles. The minimum absolute atomic E-state index is 0.0469. The third-order valence-corrected chi connectivity index (χ3v) is 15.4. The average Bonchev–Trinajstić information content (AvgIpc) is 2.97. The second-order valence-corrected chi connectivity index (χ2v) is 23.4. The van der Waals surface area contributed by atoms with E-state index in [1.54, 1.807) is 30.5 Å². The van der Waals surface area contributed by atoms with Crippen LogP contribution in [0, 0.1) is 11.8 Å². The molecule has 5 atom stereocenters. The number of H-pyrrole nitrogens is 2. The summed E-state index contributed by atoms with van der Waals surface area (Å²) in [5.41, 5.74) is 5.46. The average molecular weight is 1190 g/mol. The molecule has 3 aromatic heterocycles. The monoisotopic (exact) mass is 1190 g/mol. The molecule has 21 nitrogen and oxygen atoms in total. The molecule has 0 bridgehead atoms. The number of carbonyl (C=O) groups excluding carboxylic acids is 6. The summed E-state index contributed by atoms with van der Waals surface area (Å²) in [6, 6.07) is 33.6. The number of anilines is 1. The summed E-state index contributed by atoms with van der Waals surface area (Å²) in [7, 11) is 4.22. The topological polar surface area (TPSA) is 255 Å². The van der Waals surface area contributed by atoms with Crippen LogP contribution in [0.4, 0.5) is 20.2 Å². The minimum Gasteiger partial charge on any atom is -0.497 e. The van der Waals surface area contributed by atoms with Gasteiger partial charge >= 0.3 is 18.3 Å². The molecule has 3 aliphatic rings. The highest BCUT2D eigenvalue weighted by atomic mass is 16.6. The Bertz CT molecular complexity index is 3460. The molecule has 5 N–H and O–H groups in total. The number of nitrogens with zero attached hydrogens (tertiary/aromatic N) is 6. The molecule has 6 heterocycles. The van der Waals surface area contributed by atoms with Gasteiger partial charge in [0.25, 0.3) is 0 Å². The number of rotatable bonds is 14. The maximum Gasteiger partial charge on any atom is 0.410 e. The van der Waals surface area contributed by atoms with E-state index in [0.29, 0.717) is 38.3 Å². The van der Waals surface area contributed by atoms with Gasteiger partial charge in [-0.3, -0.25) is 19.3 Å². The van der Waals surface area contributed by atoms with Crippen molar-refractivity contribution < 1.29 is 47.7 Å². The van der Waals surface area contributed by atoms with Crippen LogP contribution < -0.4 is 20.7 Å². The van der Waals surface area contributed by atoms with Crippen molar-refractivity contribution in [2.24, 2.45) is 11.8 Å². The predicted molar refractivity (Wildman–Crippen MR) is 332 cm³/mol. The highest BCUT2D eigenvalue weighted by Crippen LogP contribution is 2.35. The molecule has 3 fully saturated rings. The number of fused-ring (bicyclic) bond motifs is 1. The smallest absolute Gasteiger partial charge is 0.410 e. The van der Waals surface area contributed by atoms with Crippen LogP contribution in [0.1, 0.15) is 111 Å². The number of carbonyl (C=O) groups is 6. The van der Waals surface area contributed by atoms with Crippen molar-refractivity contribution >= 4 is 52.6 Å². The van der Waals surface area contributed by atoms with E-state index >= 15 is 0 Å². The Morgan fingerprint density at radius 1 is 0.552 bits per heavy atom. The van der Waals surface area contributed by atoms with Gasteiger partial charge in [0.05, 0.1) is 57.2 Å². The van der Waals surface area contributed by atoms with Crippen molar-refractivity contribution in [1.82, 2.24) is 50.3 Å². The van der Waals surface area contributed by atoms with Gasteiger partial charge in [-0.25, -0.2) is 29.3 Å². The highest BCUT2D eigenvalue weighted by Gasteiger charge is 2.40.